The molecule has 166 valence electrons. The molecule has 4 rings (SSSR count). The van der Waals surface area contributed by atoms with Crippen LogP contribution in [0.3, 0.4) is 0 Å². The number of rotatable bonds is 5. The monoisotopic (exact) mass is 449 g/mol. The van der Waals surface area contributed by atoms with Crippen LogP contribution < -0.4 is 10.5 Å². The van der Waals surface area contributed by atoms with E-state index in [1.807, 2.05) is 6.07 Å². The number of hydrogen-bond donors (Lipinski definition) is 4. The SMILES string of the molecule is O=CO.O=c1[nH]c2cc(S(=O)(=O)NC3CCCN(Cc4cccc(O)c4)C3)ccc2o1. The molecule has 0 radical (unpaired) electrons. The molecule has 0 saturated carbocycles. The minimum absolute atomic E-state index is 0.0853. The lowest BCUT2D eigenvalue weighted by Crippen LogP contribution is -2.47. The molecule has 10 nitrogen and oxygen atoms in total. The fourth-order valence-electron chi connectivity index (χ4n) is 3.59. The van der Waals surface area contributed by atoms with Crippen LogP contribution in [0.4, 0.5) is 0 Å². The van der Waals surface area contributed by atoms with Gasteiger partial charge in [-0.05, 0) is 55.3 Å². The van der Waals surface area contributed by atoms with Gasteiger partial charge in [0.1, 0.15) is 5.75 Å². The number of nitrogens with zero attached hydrogens (tertiary/aromatic N) is 1. The summed E-state index contributed by atoms with van der Waals surface area (Å²) in [4.78, 5) is 24.4. The van der Waals surface area contributed by atoms with Crippen molar-refractivity contribution in [2.45, 2.75) is 30.3 Å². The fraction of sp³-hybridized carbons (Fsp3) is 0.300. The number of phenols is 1. The third kappa shape index (κ3) is 5.94. The number of aromatic nitrogens is 1. The highest BCUT2D eigenvalue weighted by Gasteiger charge is 2.25. The molecule has 11 heteroatoms. The van der Waals surface area contributed by atoms with Gasteiger partial charge >= 0.3 is 5.76 Å². The Morgan fingerprint density at radius 3 is 2.77 bits per heavy atom. The zero-order chi connectivity index (χ0) is 22.4. The minimum atomic E-state index is -3.73. The molecule has 3 aromatic rings. The van der Waals surface area contributed by atoms with Crippen molar-refractivity contribution in [3.63, 3.8) is 0 Å². The van der Waals surface area contributed by atoms with Crippen molar-refractivity contribution in [2.24, 2.45) is 0 Å². The number of carboxylic acid groups (broad SMARTS) is 1. The summed E-state index contributed by atoms with van der Waals surface area (Å²) in [5, 5.41) is 16.5. The molecule has 2 heterocycles. The van der Waals surface area contributed by atoms with Gasteiger partial charge in [-0.25, -0.2) is 17.9 Å². The Bertz CT molecular complexity index is 1200. The van der Waals surface area contributed by atoms with Gasteiger partial charge in [-0.15, -0.1) is 0 Å². The summed E-state index contributed by atoms with van der Waals surface area (Å²) in [7, 11) is -3.73. The van der Waals surface area contributed by atoms with Gasteiger partial charge in [0.15, 0.2) is 5.58 Å². The molecule has 0 spiro atoms. The van der Waals surface area contributed by atoms with Gasteiger partial charge < -0.3 is 14.6 Å². The highest BCUT2D eigenvalue weighted by molar-refractivity contribution is 7.89. The molecule has 0 bridgehead atoms. The van der Waals surface area contributed by atoms with Gasteiger partial charge in [0.25, 0.3) is 6.47 Å². The Morgan fingerprint density at radius 1 is 1.26 bits per heavy atom. The molecular weight excluding hydrogens is 426 g/mol. The Kier molecular flexibility index (Phi) is 7.10. The van der Waals surface area contributed by atoms with E-state index in [0.29, 0.717) is 24.2 Å². The maximum Gasteiger partial charge on any atom is 0.417 e. The van der Waals surface area contributed by atoms with Crippen molar-refractivity contribution < 1.29 is 27.8 Å². The number of aromatic hydroxyl groups is 1. The van der Waals surface area contributed by atoms with E-state index < -0.39 is 15.8 Å². The highest BCUT2D eigenvalue weighted by atomic mass is 32.2. The normalized spacial score (nSPS) is 17.1. The number of benzene rings is 2. The van der Waals surface area contributed by atoms with Crippen LogP contribution in [-0.2, 0) is 21.4 Å². The second kappa shape index (κ2) is 9.77. The van der Waals surface area contributed by atoms with Crippen molar-refractivity contribution in [1.29, 1.82) is 0 Å². The predicted molar refractivity (Wildman–Crippen MR) is 112 cm³/mol. The summed E-state index contributed by atoms with van der Waals surface area (Å²) in [6, 6.07) is 11.2. The van der Waals surface area contributed by atoms with Gasteiger partial charge in [-0.1, -0.05) is 12.1 Å². The number of sulfonamides is 1. The zero-order valence-corrected chi connectivity index (χ0v) is 17.3. The number of phenolic OH excluding ortho intramolecular Hbond substituents is 1. The highest BCUT2D eigenvalue weighted by Crippen LogP contribution is 2.20. The van der Waals surface area contributed by atoms with Crippen molar-refractivity contribution >= 4 is 27.6 Å². The van der Waals surface area contributed by atoms with E-state index in [9.17, 15) is 18.3 Å². The molecule has 0 amide bonds. The molecule has 4 N–H and O–H groups in total. The summed E-state index contributed by atoms with van der Waals surface area (Å²) in [5.74, 6) is -0.396. The van der Waals surface area contributed by atoms with Crippen molar-refractivity contribution in [1.82, 2.24) is 14.6 Å². The second-order valence-corrected chi connectivity index (χ2v) is 8.86. The molecule has 0 aliphatic carbocycles. The second-order valence-electron chi connectivity index (χ2n) is 7.14. The lowest BCUT2D eigenvalue weighted by molar-refractivity contribution is -0.122. The summed E-state index contributed by atoms with van der Waals surface area (Å²) >= 11 is 0. The van der Waals surface area contributed by atoms with E-state index in [2.05, 4.69) is 14.6 Å². The maximum absolute atomic E-state index is 12.8. The standard InChI is InChI=1S/C19H21N3O5S.CH2O2/c23-15-5-1-3-13(9-15)11-22-8-2-4-14(12-22)21-28(25,26)16-6-7-18-17(10-16)20-19(24)27-18;2-1-3/h1,3,5-7,9-10,14,21,23H,2,4,8,11-12H2,(H,20,24);1H,(H,2,3). The Labute approximate surface area is 178 Å². The van der Waals surface area contributed by atoms with E-state index >= 15 is 0 Å². The molecule has 1 saturated heterocycles. The minimum Gasteiger partial charge on any atom is -0.508 e. The molecular formula is C20H23N3O7S. The lowest BCUT2D eigenvalue weighted by atomic mass is 10.1. The van der Waals surface area contributed by atoms with Crippen LogP contribution in [0.1, 0.15) is 18.4 Å². The van der Waals surface area contributed by atoms with Crippen molar-refractivity contribution in [3.8, 4) is 5.75 Å². The van der Waals surface area contributed by atoms with Crippen LogP contribution in [0.2, 0.25) is 0 Å². The summed E-state index contributed by atoms with van der Waals surface area (Å²) in [5.41, 5.74) is 1.65. The third-order valence-corrected chi connectivity index (χ3v) is 6.36. The average Bonchev–Trinajstić information content (AvgIpc) is 3.08. The summed E-state index contributed by atoms with van der Waals surface area (Å²) in [6.45, 7) is 1.85. The predicted octanol–water partition coefficient (Wildman–Crippen LogP) is 1.47. The Hall–Kier alpha value is -3.15. The first-order valence-electron chi connectivity index (χ1n) is 9.54. The summed E-state index contributed by atoms with van der Waals surface area (Å²) < 4.78 is 33.2. The van der Waals surface area contributed by atoms with Gasteiger partial charge in [-0.2, -0.15) is 0 Å². The molecule has 2 aromatic carbocycles. The number of H-pyrrole nitrogens is 1. The van der Waals surface area contributed by atoms with Gasteiger partial charge in [0.05, 0.1) is 10.4 Å². The summed E-state index contributed by atoms with van der Waals surface area (Å²) in [6.07, 6.45) is 1.63. The molecule has 1 unspecified atom stereocenters. The Balaban J connectivity index is 0.000000858. The number of piperidine rings is 1. The van der Waals surface area contributed by atoms with Crippen molar-refractivity contribution in [2.75, 3.05) is 13.1 Å². The molecule has 1 aliphatic rings. The van der Waals surface area contributed by atoms with Crippen LogP contribution in [0.25, 0.3) is 11.1 Å². The number of carbonyl (C=O) groups is 1. The van der Waals surface area contributed by atoms with E-state index in [1.54, 1.807) is 18.2 Å². The fourth-order valence-corrected chi connectivity index (χ4v) is 4.88. The average molecular weight is 449 g/mol. The number of likely N-dealkylation sites (tertiary alicyclic amines) is 1. The third-order valence-electron chi connectivity index (χ3n) is 4.84. The quantitative estimate of drug-likeness (QED) is 0.427. The molecule has 1 atom stereocenters. The largest absolute Gasteiger partial charge is 0.508 e. The number of fused-ring (bicyclic) bond motifs is 1. The molecule has 1 fully saturated rings. The van der Waals surface area contributed by atoms with Crippen LogP contribution in [-0.4, -0.2) is 54.1 Å². The number of oxazole rings is 1. The van der Waals surface area contributed by atoms with Gasteiger partial charge in [0.2, 0.25) is 10.0 Å². The zero-order valence-electron chi connectivity index (χ0n) is 16.5. The Morgan fingerprint density at radius 2 is 2.03 bits per heavy atom. The van der Waals surface area contributed by atoms with E-state index in [-0.39, 0.29) is 23.2 Å². The van der Waals surface area contributed by atoms with Crippen molar-refractivity contribution in [3.05, 3.63) is 58.6 Å². The molecule has 1 aromatic heterocycles. The van der Waals surface area contributed by atoms with Crippen LogP contribution in [0.15, 0.2) is 56.6 Å². The van der Waals surface area contributed by atoms with Crippen LogP contribution in [0, 0.1) is 0 Å². The van der Waals surface area contributed by atoms with E-state index in [4.69, 9.17) is 14.3 Å². The number of hydrogen-bond acceptors (Lipinski definition) is 7. The number of aromatic amines is 1. The topological polar surface area (TPSA) is 153 Å². The van der Waals surface area contributed by atoms with Crippen LogP contribution >= 0.6 is 0 Å². The van der Waals surface area contributed by atoms with Gasteiger partial charge in [0, 0.05) is 19.1 Å². The first-order chi connectivity index (χ1) is 14.8. The molecule has 1 aliphatic heterocycles. The first-order valence-corrected chi connectivity index (χ1v) is 11.0. The van der Waals surface area contributed by atoms with Gasteiger partial charge in [-0.3, -0.25) is 14.7 Å². The maximum atomic E-state index is 12.8. The number of nitrogens with one attached hydrogen (secondary N) is 2. The van der Waals surface area contributed by atoms with E-state index in [0.717, 1.165) is 24.9 Å². The smallest absolute Gasteiger partial charge is 0.417 e. The lowest BCUT2D eigenvalue weighted by Gasteiger charge is -2.33. The van der Waals surface area contributed by atoms with Crippen LogP contribution in [0.5, 0.6) is 5.75 Å². The first kappa shape index (κ1) is 22.5. The van der Waals surface area contributed by atoms with E-state index in [1.165, 1.54) is 18.2 Å². The molecule has 31 heavy (non-hydrogen) atoms.